The maximum absolute atomic E-state index is 10.5. The van der Waals surface area contributed by atoms with Gasteiger partial charge in [0, 0.05) is 21.5 Å². The van der Waals surface area contributed by atoms with Crippen molar-refractivity contribution in [1.29, 1.82) is 0 Å². The summed E-state index contributed by atoms with van der Waals surface area (Å²) in [6, 6.07) is 19.9. The van der Waals surface area contributed by atoms with Gasteiger partial charge in [-0.05, 0) is 34.5 Å². The van der Waals surface area contributed by atoms with Gasteiger partial charge < -0.3 is 5.11 Å². The minimum absolute atomic E-state index is 0.539. The molecule has 0 bridgehead atoms. The first-order chi connectivity index (χ1) is 10.1. The van der Waals surface area contributed by atoms with E-state index in [1.54, 1.807) is 6.07 Å². The first kappa shape index (κ1) is 14.6. The molecule has 21 heavy (non-hydrogen) atoms. The third-order valence-corrected chi connectivity index (χ3v) is 4.45. The molecule has 0 spiro atoms. The van der Waals surface area contributed by atoms with E-state index in [2.05, 4.69) is 40.2 Å². The summed E-state index contributed by atoms with van der Waals surface area (Å²) in [5, 5.41) is 13.5. The van der Waals surface area contributed by atoms with E-state index in [-0.39, 0.29) is 0 Å². The van der Waals surface area contributed by atoms with Crippen LogP contribution in [-0.4, -0.2) is 5.11 Å². The van der Waals surface area contributed by atoms with E-state index in [9.17, 15) is 5.11 Å². The number of benzene rings is 3. The second-order valence-electron chi connectivity index (χ2n) is 5.02. The van der Waals surface area contributed by atoms with Crippen molar-refractivity contribution in [3.8, 4) is 0 Å². The van der Waals surface area contributed by atoms with Crippen LogP contribution < -0.4 is 0 Å². The molecule has 0 aliphatic rings. The second-order valence-corrected chi connectivity index (χ2v) is 6.35. The van der Waals surface area contributed by atoms with Crippen LogP contribution >= 0.6 is 27.5 Å². The fourth-order valence-electron chi connectivity index (χ4n) is 2.56. The van der Waals surface area contributed by atoms with Gasteiger partial charge in [-0.25, -0.2) is 0 Å². The molecule has 3 aromatic carbocycles. The Morgan fingerprint density at radius 2 is 1.76 bits per heavy atom. The van der Waals surface area contributed by atoms with E-state index in [1.165, 1.54) is 10.8 Å². The molecule has 1 unspecified atom stereocenters. The first-order valence-corrected chi connectivity index (χ1v) is 7.92. The maximum atomic E-state index is 10.5. The number of aliphatic hydroxyl groups is 1. The van der Waals surface area contributed by atoms with Gasteiger partial charge in [-0.3, -0.25) is 0 Å². The Kier molecular flexibility index (Phi) is 4.29. The average molecular weight is 362 g/mol. The van der Waals surface area contributed by atoms with Gasteiger partial charge in [0.25, 0.3) is 0 Å². The molecular formula is C18H14BrClO. The van der Waals surface area contributed by atoms with Crippen molar-refractivity contribution in [3.63, 3.8) is 0 Å². The predicted octanol–water partition coefficient (Wildman–Crippen LogP) is 5.53. The topological polar surface area (TPSA) is 20.2 Å². The largest absolute Gasteiger partial charge is 0.388 e. The Labute approximate surface area is 137 Å². The van der Waals surface area contributed by atoms with Crippen molar-refractivity contribution in [3.05, 3.63) is 81.3 Å². The van der Waals surface area contributed by atoms with Crippen molar-refractivity contribution in [2.45, 2.75) is 12.5 Å². The van der Waals surface area contributed by atoms with Gasteiger partial charge >= 0.3 is 0 Å². The molecule has 0 aliphatic heterocycles. The van der Waals surface area contributed by atoms with E-state index in [4.69, 9.17) is 11.6 Å². The zero-order chi connectivity index (χ0) is 14.8. The van der Waals surface area contributed by atoms with Crippen LogP contribution in [0.15, 0.2) is 65.1 Å². The van der Waals surface area contributed by atoms with Crippen LogP contribution in [0, 0.1) is 0 Å². The monoisotopic (exact) mass is 360 g/mol. The smallest absolute Gasteiger partial charge is 0.0845 e. The van der Waals surface area contributed by atoms with E-state index >= 15 is 0 Å². The number of hydrogen-bond donors (Lipinski definition) is 1. The molecule has 3 aromatic rings. The van der Waals surface area contributed by atoms with Gasteiger partial charge in [-0.15, -0.1) is 0 Å². The van der Waals surface area contributed by atoms with Gasteiger partial charge in [-0.2, -0.15) is 0 Å². The third-order valence-electron chi connectivity index (χ3n) is 3.61. The standard InChI is InChI=1S/C18H14BrClO/c19-14-8-9-17(20)16(11-14)18(21)10-13-6-3-5-12-4-1-2-7-15(12)13/h1-9,11,18,21H,10H2. The minimum Gasteiger partial charge on any atom is -0.388 e. The van der Waals surface area contributed by atoms with Crippen LogP contribution in [0.1, 0.15) is 17.2 Å². The summed E-state index contributed by atoms with van der Waals surface area (Å²) in [6.07, 6.45) is -0.0850. The lowest BCUT2D eigenvalue weighted by atomic mass is 9.97. The van der Waals surface area contributed by atoms with E-state index in [1.807, 2.05) is 30.3 Å². The van der Waals surface area contributed by atoms with Crippen molar-refractivity contribution >= 4 is 38.3 Å². The predicted molar refractivity (Wildman–Crippen MR) is 91.8 cm³/mol. The van der Waals surface area contributed by atoms with Crippen LogP contribution in [0.3, 0.4) is 0 Å². The molecule has 1 nitrogen and oxygen atoms in total. The van der Waals surface area contributed by atoms with Gasteiger partial charge in [0.05, 0.1) is 6.10 Å². The Morgan fingerprint density at radius 1 is 1.00 bits per heavy atom. The molecule has 0 saturated carbocycles. The highest BCUT2D eigenvalue weighted by molar-refractivity contribution is 9.10. The summed E-state index contributed by atoms with van der Waals surface area (Å²) >= 11 is 9.61. The summed E-state index contributed by atoms with van der Waals surface area (Å²) in [5.41, 5.74) is 1.87. The zero-order valence-corrected chi connectivity index (χ0v) is 13.6. The molecule has 1 N–H and O–H groups in total. The number of fused-ring (bicyclic) bond motifs is 1. The molecule has 0 radical (unpaired) electrons. The van der Waals surface area contributed by atoms with Crippen LogP contribution in [0.5, 0.6) is 0 Å². The third kappa shape index (κ3) is 3.13. The van der Waals surface area contributed by atoms with E-state index < -0.39 is 6.10 Å². The van der Waals surface area contributed by atoms with Crippen molar-refractivity contribution < 1.29 is 5.11 Å². The molecule has 0 heterocycles. The lowest BCUT2D eigenvalue weighted by Gasteiger charge is -2.15. The molecule has 3 rings (SSSR count). The van der Waals surface area contributed by atoms with Crippen LogP contribution in [0.2, 0.25) is 5.02 Å². The fourth-order valence-corrected chi connectivity index (χ4v) is 3.18. The summed E-state index contributed by atoms with van der Waals surface area (Å²) < 4.78 is 0.916. The quantitative estimate of drug-likeness (QED) is 0.650. The Hall–Kier alpha value is -1.35. The average Bonchev–Trinajstić information content (AvgIpc) is 2.50. The summed E-state index contributed by atoms with van der Waals surface area (Å²) in [5.74, 6) is 0. The van der Waals surface area contributed by atoms with Gasteiger partial charge in [-0.1, -0.05) is 70.0 Å². The first-order valence-electron chi connectivity index (χ1n) is 6.75. The normalized spacial score (nSPS) is 12.5. The SMILES string of the molecule is OC(Cc1cccc2ccccc12)c1cc(Br)ccc1Cl. The van der Waals surface area contributed by atoms with Gasteiger partial charge in [0.1, 0.15) is 0 Å². The molecule has 1 atom stereocenters. The number of halogens is 2. The highest BCUT2D eigenvalue weighted by atomic mass is 79.9. The summed E-state index contributed by atoms with van der Waals surface area (Å²) in [7, 11) is 0. The van der Waals surface area contributed by atoms with Gasteiger partial charge in [0.2, 0.25) is 0 Å². The highest BCUT2D eigenvalue weighted by Crippen LogP contribution is 2.30. The van der Waals surface area contributed by atoms with Crippen LogP contribution in [0.25, 0.3) is 10.8 Å². The van der Waals surface area contributed by atoms with Crippen molar-refractivity contribution in [2.24, 2.45) is 0 Å². The Bertz CT molecular complexity index is 780. The number of rotatable bonds is 3. The maximum Gasteiger partial charge on any atom is 0.0845 e. The minimum atomic E-state index is -0.624. The molecule has 0 amide bonds. The fraction of sp³-hybridized carbons (Fsp3) is 0.111. The van der Waals surface area contributed by atoms with Crippen molar-refractivity contribution in [2.75, 3.05) is 0 Å². The van der Waals surface area contributed by atoms with Crippen molar-refractivity contribution in [1.82, 2.24) is 0 Å². The molecule has 0 fully saturated rings. The molecule has 0 aromatic heterocycles. The van der Waals surface area contributed by atoms with Crippen LogP contribution in [-0.2, 0) is 6.42 Å². The summed E-state index contributed by atoms with van der Waals surface area (Å²) in [6.45, 7) is 0. The molecule has 0 saturated heterocycles. The second kappa shape index (κ2) is 6.18. The molecule has 106 valence electrons. The number of hydrogen-bond acceptors (Lipinski definition) is 1. The lowest BCUT2D eigenvalue weighted by Crippen LogP contribution is -2.03. The lowest BCUT2D eigenvalue weighted by molar-refractivity contribution is 0.179. The van der Waals surface area contributed by atoms with E-state index in [0.717, 1.165) is 15.6 Å². The van der Waals surface area contributed by atoms with E-state index in [0.29, 0.717) is 11.4 Å². The molecule has 0 aliphatic carbocycles. The highest BCUT2D eigenvalue weighted by Gasteiger charge is 2.14. The summed E-state index contributed by atoms with van der Waals surface area (Å²) in [4.78, 5) is 0. The Morgan fingerprint density at radius 3 is 2.62 bits per heavy atom. The molecule has 3 heteroatoms. The molecular weight excluding hydrogens is 348 g/mol. The Balaban J connectivity index is 1.96. The number of aliphatic hydroxyl groups excluding tert-OH is 1. The van der Waals surface area contributed by atoms with Gasteiger partial charge in [0.15, 0.2) is 0 Å². The zero-order valence-electron chi connectivity index (χ0n) is 11.3. The van der Waals surface area contributed by atoms with Crippen LogP contribution in [0.4, 0.5) is 0 Å².